The van der Waals surface area contributed by atoms with Gasteiger partial charge in [0.15, 0.2) is 0 Å². The third kappa shape index (κ3) is 12.8. The molecule has 0 fully saturated rings. The lowest BCUT2D eigenvalue weighted by atomic mass is 9.33. The molecule has 0 radical (unpaired) electrons. The molecule has 2 N–H and O–H groups in total. The lowest BCUT2D eigenvalue weighted by Crippen LogP contribution is -2.54. The van der Waals surface area contributed by atoms with Gasteiger partial charge in [-0.25, -0.2) is 8.78 Å². The van der Waals surface area contributed by atoms with Gasteiger partial charge in [-0.15, -0.1) is 6.58 Å². The first-order chi connectivity index (χ1) is 28.3. The van der Waals surface area contributed by atoms with Gasteiger partial charge in [0, 0.05) is 35.0 Å². The van der Waals surface area contributed by atoms with Gasteiger partial charge in [0.1, 0.15) is 17.4 Å². The fraction of sp³-hybridized carbons (Fsp3) is 0.527. The van der Waals surface area contributed by atoms with Crippen LogP contribution in [0, 0.1) is 16.7 Å². The maximum atomic E-state index is 16.0. The van der Waals surface area contributed by atoms with Crippen molar-refractivity contribution in [3.05, 3.63) is 143 Å². The van der Waals surface area contributed by atoms with E-state index >= 15 is 8.78 Å². The molecule has 332 valence electrons. The predicted molar refractivity (Wildman–Crippen MR) is 261 cm³/mol. The smallest absolute Gasteiger partial charge is 0.245 e. The molecule has 0 amide bonds. The maximum Gasteiger partial charge on any atom is 0.245 e. The summed E-state index contributed by atoms with van der Waals surface area (Å²) < 4.78 is 38.5. The molecule has 0 aliphatic heterocycles. The zero-order valence-corrected chi connectivity index (χ0v) is 40.5. The van der Waals surface area contributed by atoms with Crippen molar-refractivity contribution in [3.63, 3.8) is 0 Å². The van der Waals surface area contributed by atoms with Crippen molar-refractivity contribution in [1.29, 1.82) is 0 Å². The Morgan fingerprint density at radius 2 is 1.52 bits per heavy atom. The molecule has 6 heteroatoms. The van der Waals surface area contributed by atoms with E-state index < -0.39 is 11.7 Å². The van der Waals surface area contributed by atoms with E-state index in [-0.39, 0.29) is 40.0 Å². The van der Waals surface area contributed by atoms with Crippen molar-refractivity contribution in [2.45, 2.75) is 165 Å². The first-order valence-electron chi connectivity index (χ1n) is 22.8. The molecule has 2 unspecified atom stereocenters. The summed E-state index contributed by atoms with van der Waals surface area (Å²) in [5.74, 6) is 0.561. The second-order valence-corrected chi connectivity index (χ2v) is 22.2. The lowest BCUT2D eigenvalue weighted by Gasteiger charge is -2.40. The van der Waals surface area contributed by atoms with Crippen molar-refractivity contribution in [2.75, 3.05) is 6.54 Å². The monoisotopic (exact) mass is 833 g/mol. The molecule has 0 spiro atoms. The summed E-state index contributed by atoms with van der Waals surface area (Å²) in [6, 6.07) is 9.20. The Labute approximate surface area is 370 Å². The molecular formula is C55H79BF2N2O. The summed E-state index contributed by atoms with van der Waals surface area (Å²) in [6.07, 6.45) is 17.8. The third-order valence-electron chi connectivity index (χ3n) is 12.6. The lowest BCUT2D eigenvalue weighted by molar-refractivity contribution is 0.278. The summed E-state index contributed by atoms with van der Waals surface area (Å²) in [4.78, 5) is 0. The zero-order chi connectivity index (χ0) is 45.7. The molecule has 2 aliphatic carbocycles. The number of allylic oxidation sites excluding steroid dienone is 7. The molecule has 1 heterocycles. The Balaban J connectivity index is 2.16. The molecule has 0 saturated carbocycles. The standard InChI is InChI=1S/C55H79BF2N2O/c1-18-32-59-46-33-37(5)34-47(60-45(27-29-53(11,12)13)42(26-28-52(8,9)10)48(39(7)57)44(58)19-2)50(46)56(41-24-22-40(23-25-41)38(6)21-20-36(3)4)43-35-61-51-49(43)54(14,15)30-31-55(51,16)17/h18-19,22-27,34-36,38,46,59-60H,1-2,7,20-21,28-33H2,3-6,8-17H3/b42-26+,45-27+,48-44-. The second-order valence-electron chi connectivity index (χ2n) is 22.2. The average molecular weight is 833 g/mol. The summed E-state index contributed by atoms with van der Waals surface area (Å²) in [7, 11) is 0. The minimum absolute atomic E-state index is 0.0904. The van der Waals surface area contributed by atoms with Gasteiger partial charge < -0.3 is 15.1 Å². The van der Waals surface area contributed by atoms with Crippen LogP contribution in [0.2, 0.25) is 0 Å². The number of furan rings is 1. The highest BCUT2D eigenvalue weighted by Crippen LogP contribution is 2.46. The Morgan fingerprint density at radius 1 is 0.918 bits per heavy atom. The maximum absolute atomic E-state index is 16.0. The molecule has 2 aliphatic rings. The summed E-state index contributed by atoms with van der Waals surface area (Å²) in [5, 5.41) is 7.77. The van der Waals surface area contributed by atoms with E-state index in [1.807, 2.05) is 18.4 Å². The topological polar surface area (TPSA) is 37.2 Å². The van der Waals surface area contributed by atoms with Crippen LogP contribution in [0.15, 0.2) is 130 Å². The highest BCUT2D eigenvalue weighted by atomic mass is 19.1. The van der Waals surface area contributed by atoms with Gasteiger partial charge in [0.2, 0.25) is 6.71 Å². The first-order valence-corrected chi connectivity index (χ1v) is 22.8. The van der Waals surface area contributed by atoms with Crippen molar-refractivity contribution in [3.8, 4) is 0 Å². The van der Waals surface area contributed by atoms with Gasteiger partial charge in [0.05, 0.1) is 11.8 Å². The zero-order valence-electron chi connectivity index (χ0n) is 40.5. The van der Waals surface area contributed by atoms with Crippen LogP contribution in [0.4, 0.5) is 8.78 Å². The molecule has 61 heavy (non-hydrogen) atoms. The van der Waals surface area contributed by atoms with Crippen LogP contribution in [0.25, 0.3) is 0 Å². The minimum Gasteiger partial charge on any atom is -0.469 e. The van der Waals surface area contributed by atoms with E-state index in [4.69, 9.17) is 4.42 Å². The molecule has 1 aromatic heterocycles. The molecule has 4 rings (SSSR count). The van der Waals surface area contributed by atoms with Crippen molar-refractivity contribution in [1.82, 2.24) is 10.6 Å². The van der Waals surface area contributed by atoms with Crippen LogP contribution in [0.3, 0.4) is 0 Å². The van der Waals surface area contributed by atoms with Gasteiger partial charge >= 0.3 is 0 Å². The van der Waals surface area contributed by atoms with Gasteiger partial charge in [-0.3, -0.25) is 0 Å². The predicted octanol–water partition coefficient (Wildman–Crippen LogP) is 14.2. The van der Waals surface area contributed by atoms with Gasteiger partial charge in [-0.05, 0) is 102 Å². The number of fused-ring (bicyclic) bond motifs is 1. The SMILES string of the molecule is C=CCNC1CC(C)=CC(NC(=C/CC(C)(C)C)/C(=C\CC(C)(C)C)C(/C(=C)F)=C(\F)C=C)=C1B(c1ccc(C(C)CCC(C)C)cc1)c1coc2c1C(C)(C)CCC2(C)C. The van der Waals surface area contributed by atoms with Crippen molar-refractivity contribution >= 4 is 17.6 Å². The normalized spacial score (nSPS) is 19.2. The minimum atomic E-state index is -0.841. The van der Waals surface area contributed by atoms with Crippen LogP contribution >= 0.6 is 0 Å². The van der Waals surface area contributed by atoms with Gasteiger partial charge in [0.25, 0.3) is 0 Å². The Bertz CT molecular complexity index is 2050. The molecule has 3 nitrogen and oxygen atoms in total. The number of nitrogens with one attached hydrogen (secondary N) is 2. The Hall–Kier alpha value is -3.90. The van der Waals surface area contributed by atoms with Crippen molar-refractivity contribution < 1.29 is 13.2 Å². The largest absolute Gasteiger partial charge is 0.469 e. The van der Waals surface area contributed by atoms with Crippen LogP contribution < -0.4 is 21.6 Å². The molecule has 2 atom stereocenters. The molecular weight excluding hydrogens is 753 g/mol. The molecule has 0 saturated heterocycles. The summed E-state index contributed by atoms with van der Waals surface area (Å²) in [6.45, 7) is 43.1. The van der Waals surface area contributed by atoms with E-state index in [1.165, 1.54) is 34.0 Å². The fourth-order valence-electron chi connectivity index (χ4n) is 8.86. The molecule has 2 aromatic rings. The van der Waals surface area contributed by atoms with Gasteiger partial charge in [-0.1, -0.05) is 169 Å². The van der Waals surface area contributed by atoms with E-state index in [2.05, 4.69) is 164 Å². The highest BCUT2D eigenvalue weighted by Gasteiger charge is 2.46. The third-order valence-corrected chi connectivity index (χ3v) is 12.6. The first kappa shape index (κ1) is 49.8. The number of hydrogen-bond acceptors (Lipinski definition) is 3. The number of benzene rings is 1. The quantitative estimate of drug-likeness (QED) is 0.0893. The fourth-order valence-corrected chi connectivity index (χ4v) is 8.86. The van der Waals surface area contributed by atoms with E-state index in [1.54, 1.807) is 0 Å². The molecule has 0 bridgehead atoms. The number of rotatable bonds is 18. The summed E-state index contributed by atoms with van der Waals surface area (Å²) >= 11 is 0. The van der Waals surface area contributed by atoms with E-state index in [0.29, 0.717) is 42.5 Å². The van der Waals surface area contributed by atoms with Gasteiger partial charge in [-0.2, -0.15) is 0 Å². The highest BCUT2D eigenvalue weighted by molar-refractivity contribution is 6.91. The van der Waals surface area contributed by atoms with Crippen LogP contribution in [0.5, 0.6) is 0 Å². The number of halogens is 2. The summed E-state index contributed by atoms with van der Waals surface area (Å²) in [5.41, 5.74) is 8.59. The number of hydrogen-bond donors (Lipinski definition) is 2. The molecule has 1 aromatic carbocycles. The van der Waals surface area contributed by atoms with Crippen LogP contribution in [-0.4, -0.2) is 19.3 Å². The van der Waals surface area contributed by atoms with Crippen molar-refractivity contribution in [2.24, 2.45) is 16.7 Å². The Kier molecular flexibility index (Phi) is 16.4. The van der Waals surface area contributed by atoms with Crippen LogP contribution in [-0.2, 0) is 10.8 Å². The van der Waals surface area contributed by atoms with E-state index in [9.17, 15) is 0 Å². The van der Waals surface area contributed by atoms with Crippen LogP contribution in [0.1, 0.15) is 165 Å². The second kappa shape index (κ2) is 20.1. The average Bonchev–Trinajstić information content (AvgIpc) is 3.63. The van der Waals surface area contributed by atoms with E-state index in [0.717, 1.165) is 48.7 Å². The Morgan fingerprint density at radius 3 is 2.08 bits per heavy atom.